The number of benzene rings is 3. The largest absolute Gasteiger partial charge is 0.459 e. The number of rotatable bonds is 8. The number of carbonyl (C=O) groups excluding carboxylic acids is 3. The third kappa shape index (κ3) is 5.62. The molecule has 0 amide bonds. The van der Waals surface area contributed by atoms with Gasteiger partial charge in [-0.1, -0.05) is 66.2 Å². The Balaban J connectivity index is 1.41. The Morgan fingerprint density at radius 3 is 2.00 bits per heavy atom. The Labute approximate surface area is 256 Å². The molecule has 1 fully saturated rings. The third-order valence-electron chi connectivity index (χ3n) is 7.22. The van der Waals surface area contributed by atoms with E-state index in [0.717, 1.165) is 0 Å². The van der Waals surface area contributed by atoms with Crippen molar-refractivity contribution < 1.29 is 33.3 Å². The molecule has 0 radical (unpaired) electrons. The van der Waals surface area contributed by atoms with Gasteiger partial charge < -0.3 is 18.9 Å². The average molecular weight is 613 g/mol. The maximum Gasteiger partial charge on any atom is 0.338 e. The monoisotopic (exact) mass is 612 g/mol. The summed E-state index contributed by atoms with van der Waals surface area (Å²) in [7, 11) is 0. The quantitative estimate of drug-likeness (QED) is 0.133. The number of nitrogens with zero attached hydrogens (tertiary/aromatic N) is 4. The number of aromatic nitrogens is 4. The van der Waals surface area contributed by atoms with Crippen molar-refractivity contribution in [2.24, 2.45) is 0 Å². The van der Waals surface area contributed by atoms with Crippen LogP contribution in [0.25, 0.3) is 11.2 Å². The minimum Gasteiger partial charge on any atom is -0.459 e. The van der Waals surface area contributed by atoms with Gasteiger partial charge in [-0.15, -0.1) is 0 Å². The van der Waals surface area contributed by atoms with Gasteiger partial charge in [-0.2, -0.15) is 0 Å². The average Bonchev–Trinajstić information content (AvgIpc) is 3.60. The molecule has 4 atom stereocenters. The highest BCUT2D eigenvalue weighted by Crippen LogP contribution is 2.45. The topological polar surface area (TPSA) is 132 Å². The predicted molar refractivity (Wildman–Crippen MR) is 157 cm³/mol. The molecule has 1 aliphatic rings. The summed E-state index contributed by atoms with van der Waals surface area (Å²) >= 11 is 6.27. The van der Waals surface area contributed by atoms with Crippen molar-refractivity contribution in [3.63, 3.8) is 0 Å². The van der Waals surface area contributed by atoms with E-state index < -0.39 is 41.9 Å². The van der Waals surface area contributed by atoms with Gasteiger partial charge in [-0.05, 0) is 43.3 Å². The first-order chi connectivity index (χ1) is 21.3. The Morgan fingerprint density at radius 2 is 1.39 bits per heavy atom. The molecule has 1 saturated heterocycles. The van der Waals surface area contributed by atoms with Crippen molar-refractivity contribution in [2.75, 3.05) is 6.61 Å². The van der Waals surface area contributed by atoms with Crippen molar-refractivity contribution >= 4 is 40.7 Å². The van der Waals surface area contributed by atoms with E-state index in [1.807, 2.05) is 0 Å². The second-order valence-corrected chi connectivity index (χ2v) is 10.5. The molecule has 0 bridgehead atoms. The van der Waals surface area contributed by atoms with Crippen LogP contribution < -0.4 is 0 Å². The zero-order valence-corrected chi connectivity index (χ0v) is 24.0. The van der Waals surface area contributed by atoms with Crippen LogP contribution in [0, 0.1) is 0 Å². The highest BCUT2D eigenvalue weighted by Gasteiger charge is 2.60. The van der Waals surface area contributed by atoms with Crippen LogP contribution in [0.3, 0.4) is 0 Å². The lowest BCUT2D eigenvalue weighted by Crippen LogP contribution is -2.50. The molecule has 12 heteroatoms. The van der Waals surface area contributed by atoms with Gasteiger partial charge in [0.25, 0.3) is 0 Å². The second-order valence-electron chi connectivity index (χ2n) is 10.1. The normalized spacial score (nSPS) is 21.1. The highest BCUT2D eigenvalue weighted by atomic mass is 35.5. The molecule has 0 N–H and O–H groups in total. The molecule has 1 unspecified atom stereocenters. The molecule has 3 aromatic carbocycles. The van der Waals surface area contributed by atoms with Gasteiger partial charge >= 0.3 is 17.9 Å². The molecular formula is C32H25ClN4O7. The molecule has 44 heavy (non-hydrogen) atoms. The fraction of sp³-hybridized carbons (Fsp3) is 0.188. The van der Waals surface area contributed by atoms with E-state index in [9.17, 15) is 14.4 Å². The fourth-order valence-corrected chi connectivity index (χ4v) is 5.23. The molecule has 6 rings (SSSR count). The van der Waals surface area contributed by atoms with Crippen molar-refractivity contribution in [1.82, 2.24) is 19.5 Å². The minimum absolute atomic E-state index is 0.107. The maximum absolute atomic E-state index is 13.5. The summed E-state index contributed by atoms with van der Waals surface area (Å²) in [6.07, 6.45) is -0.814. The number of ether oxygens (including phenoxy) is 4. The SMILES string of the molecule is C[C@@]1(OC(=O)c2ccccc2)[C@H](OC(=O)c2ccccc2)C(COC(=O)c2ccccc2)O[C@H]1n1cnc2c(Cl)ncnc21. The summed E-state index contributed by atoms with van der Waals surface area (Å²) in [6, 6.07) is 25.1. The molecule has 2 aromatic heterocycles. The lowest BCUT2D eigenvalue weighted by molar-refractivity contribution is -0.108. The van der Waals surface area contributed by atoms with Crippen LogP contribution in [0.1, 0.15) is 44.2 Å². The van der Waals surface area contributed by atoms with E-state index in [-0.39, 0.29) is 34.1 Å². The van der Waals surface area contributed by atoms with Gasteiger partial charge in [0, 0.05) is 0 Å². The fourth-order valence-electron chi connectivity index (χ4n) is 5.05. The number of fused-ring (bicyclic) bond motifs is 1. The van der Waals surface area contributed by atoms with Crippen LogP contribution in [-0.4, -0.2) is 61.8 Å². The number of carbonyl (C=O) groups is 3. The Bertz CT molecular complexity index is 1800. The van der Waals surface area contributed by atoms with Crippen molar-refractivity contribution in [3.05, 3.63) is 125 Å². The van der Waals surface area contributed by atoms with Crippen molar-refractivity contribution in [2.45, 2.75) is 31.0 Å². The van der Waals surface area contributed by atoms with Gasteiger partial charge in [0.1, 0.15) is 24.6 Å². The molecule has 222 valence electrons. The maximum atomic E-state index is 13.5. The van der Waals surface area contributed by atoms with Crippen LogP contribution in [0.15, 0.2) is 104 Å². The third-order valence-corrected chi connectivity index (χ3v) is 7.49. The second kappa shape index (κ2) is 12.2. The van der Waals surface area contributed by atoms with Crippen LogP contribution >= 0.6 is 11.6 Å². The van der Waals surface area contributed by atoms with Crippen molar-refractivity contribution in [1.29, 1.82) is 0 Å². The summed E-state index contributed by atoms with van der Waals surface area (Å²) in [6.45, 7) is 1.24. The smallest absolute Gasteiger partial charge is 0.338 e. The first-order valence-corrected chi connectivity index (χ1v) is 14.0. The van der Waals surface area contributed by atoms with Gasteiger partial charge in [0.05, 0.1) is 23.0 Å². The first kappa shape index (κ1) is 29.0. The molecule has 0 aliphatic carbocycles. The number of hydrogen-bond acceptors (Lipinski definition) is 10. The van der Waals surface area contributed by atoms with E-state index in [2.05, 4.69) is 15.0 Å². The Kier molecular flexibility index (Phi) is 8.05. The van der Waals surface area contributed by atoms with Crippen LogP contribution in [0.4, 0.5) is 0 Å². The molecule has 0 spiro atoms. The van der Waals surface area contributed by atoms with E-state index >= 15 is 0 Å². The van der Waals surface area contributed by atoms with Gasteiger partial charge in [-0.25, -0.2) is 29.3 Å². The van der Waals surface area contributed by atoms with Crippen molar-refractivity contribution in [3.8, 4) is 0 Å². The lowest BCUT2D eigenvalue weighted by Gasteiger charge is -2.34. The van der Waals surface area contributed by atoms with Crippen LogP contribution in [-0.2, 0) is 18.9 Å². The van der Waals surface area contributed by atoms with Crippen LogP contribution in [0.2, 0.25) is 5.15 Å². The molecule has 11 nitrogen and oxygen atoms in total. The molecule has 3 heterocycles. The summed E-state index contributed by atoms with van der Waals surface area (Å²) in [4.78, 5) is 52.4. The van der Waals surface area contributed by atoms with Crippen LogP contribution in [0.5, 0.6) is 0 Å². The Hall–Kier alpha value is -5.13. The van der Waals surface area contributed by atoms with Gasteiger partial charge in [0.15, 0.2) is 28.7 Å². The summed E-state index contributed by atoms with van der Waals surface area (Å²) in [5, 5.41) is 0.107. The number of esters is 3. The number of hydrogen-bond donors (Lipinski definition) is 0. The molecule has 1 aliphatic heterocycles. The zero-order chi connectivity index (χ0) is 30.7. The van der Waals surface area contributed by atoms with Gasteiger partial charge in [-0.3, -0.25) is 4.57 Å². The Morgan fingerprint density at radius 1 is 0.818 bits per heavy atom. The van der Waals surface area contributed by atoms with Gasteiger partial charge in [0.2, 0.25) is 0 Å². The first-order valence-electron chi connectivity index (χ1n) is 13.6. The predicted octanol–water partition coefficient (Wildman–Crippen LogP) is 5.08. The lowest BCUT2D eigenvalue weighted by atomic mass is 9.95. The van der Waals surface area contributed by atoms with E-state index in [0.29, 0.717) is 5.56 Å². The number of halogens is 1. The molecular weight excluding hydrogens is 588 g/mol. The van der Waals surface area contributed by atoms with E-state index in [1.165, 1.54) is 17.2 Å². The standard InChI is InChI=1S/C32H25ClN4O7/c1-32(44-30(40)22-15-9-4-10-16-22)25(43-29(39)21-13-7-3-8-14-21)23(17-41-28(38)20-11-5-2-6-12-20)42-31(32)37-19-36-24-26(33)34-18-35-27(24)37/h2-16,18-19,23,25,31H,17H2,1H3/t23?,25-,31-,32-/m1/s1. The van der Waals surface area contributed by atoms with E-state index in [4.69, 9.17) is 30.5 Å². The number of imidazole rings is 1. The van der Waals surface area contributed by atoms with E-state index in [1.54, 1.807) is 97.9 Å². The summed E-state index contributed by atoms with van der Waals surface area (Å²) < 4.78 is 25.8. The summed E-state index contributed by atoms with van der Waals surface area (Å²) in [5.41, 5.74) is -0.268. The minimum atomic E-state index is -1.69. The summed E-state index contributed by atoms with van der Waals surface area (Å²) in [5.74, 6) is -2.00. The zero-order valence-electron chi connectivity index (χ0n) is 23.3. The highest BCUT2D eigenvalue weighted by molar-refractivity contribution is 6.33. The molecule has 0 saturated carbocycles. The molecule has 5 aromatic rings.